The van der Waals surface area contributed by atoms with E-state index in [0.717, 1.165) is 11.1 Å². The average Bonchev–Trinajstić information content (AvgIpc) is 3.08. The van der Waals surface area contributed by atoms with Gasteiger partial charge in [-0.2, -0.15) is 9.40 Å². The molecule has 1 N–H and O–H groups in total. The highest BCUT2D eigenvalue weighted by Gasteiger charge is 2.33. The number of sulfonamides is 1. The van der Waals surface area contributed by atoms with Gasteiger partial charge in [0.2, 0.25) is 15.9 Å². The van der Waals surface area contributed by atoms with Crippen LogP contribution in [0, 0.1) is 19.8 Å². The molecule has 0 saturated carbocycles. The van der Waals surface area contributed by atoms with E-state index in [1.54, 1.807) is 24.1 Å². The molecule has 1 amide bonds. The molecule has 1 aliphatic heterocycles. The minimum atomic E-state index is -3.54. The van der Waals surface area contributed by atoms with Crippen LogP contribution in [0.1, 0.15) is 42.8 Å². The van der Waals surface area contributed by atoms with Crippen LogP contribution in [0.15, 0.2) is 29.4 Å². The van der Waals surface area contributed by atoms with Gasteiger partial charge < -0.3 is 5.32 Å². The van der Waals surface area contributed by atoms with E-state index < -0.39 is 10.0 Å². The summed E-state index contributed by atoms with van der Waals surface area (Å²) in [7, 11) is -1.77. The Bertz CT molecular complexity index is 962. The lowest BCUT2D eigenvalue weighted by Crippen LogP contribution is -2.43. The highest BCUT2D eigenvalue weighted by Crippen LogP contribution is 2.26. The van der Waals surface area contributed by atoms with Gasteiger partial charge in [-0.05, 0) is 45.2 Å². The zero-order valence-electron chi connectivity index (χ0n) is 16.7. The van der Waals surface area contributed by atoms with Crippen LogP contribution in [0.2, 0.25) is 0 Å². The first-order chi connectivity index (χ1) is 13.2. The Morgan fingerprint density at radius 1 is 1.25 bits per heavy atom. The van der Waals surface area contributed by atoms with Crippen LogP contribution < -0.4 is 5.32 Å². The summed E-state index contributed by atoms with van der Waals surface area (Å²) in [5, 5.41) is 7.14. The first-order valence-corrected chi connectivity index (χ1v) is 10.9. The second-order valence-electron chi connectivity index (χ2n) is 7.45. The molecular formula is C19H27N5O3S. The fourth-order valence-corrected chi connectivity index (χ4v) is 5.21. The predicted octanol–water partition coefficient (Wildman–Crippen LogP) is 1.71. The van der Waals surface area contributed by atoms with Gasteiger partial charge in [-0.1, -0.05) is 17.7 Å². The van der Waals surface area contributed by atoms with Gasteiger partial charge in [0.05, 0.1) is 10.9 Å². The van der Waals surface area contributed by atoms with Gasteiger partial charge in [-0.3, -0.25) is 9.48 Å². The van der Waals surface area contributed by atoms with Crippen LogP contribution in [0.5, 0.6) is 0 Å². The number of piperidine rings is 1. The molecule has 0 spiro atoms. The van der Waals surface area contributed by atoms with E-state index in [0.29, 0.717) is 36.7 Å². The van der Waals surface area contributed by atoms with Crippen LogP contribution in [0.25, 0.3) is 0 Å². The van der Waals surface area contributed by atoms with Crippen LogP contribution in [0.4, 0.5) is 0 Å². The molecule has 1 aliphatic rings. The molecule has 1 fully saturated rings. The maximum atomic E-state index is 13.0. The maximum absolute atomic E-state index is 13.0. The molecule has 8 nitrogen and oxygen atoms in total. The number of hydrogen-bond donors (Lipinski definition) is 1. The van der Waals surface area contributed by atoms with Crippen LogP contribution in [0.3, 0.4) is 0 Å². The second kappa shape index (κ2) is 8.00. The third kappa shape index (κ3) is 4.25. The lowest BCUT2D eigenvalue weighted by atomic mass is 9.97. The molecule has 1 aromatic carbocycles. The third-order valence-corrected chi connectivity index (χ3v) is 7.20. The van der Waals surface area contributed by atoms with Crippen molar-refractivity contribution in [2.75, 3.05) is 13.1 Å². The fourth-order valence-electron chi connectivity index (χ4n) is 3.54. The molecule has 9 heteroatoms. The Hall–Kier alpha value is -2.26. The molecular weight excluding hydrogens is 378 g/mol. The third-order valence-electron chi connectivity index (χ3n) is 5.14. The van der Waals surface area contributed by atoms with E-state index >= 15 is 0 Å². The summed E-state index contributed by atoms with van der Waals surface area (Å²) in [6, 6.07) is 5.07. The van der Waals surface area contributed by atoms with E-state index in [2.05, 4.69) is 15.4 Å². The number of rotatable bonds is 5. The Labute approximate surface area is 166 Å². The molecule has 0 radical (unpaired) electrons. The average molecular weight is 406 g/mol. The van der Waals surface area contributed by atoms with E-state index in [1.807, 2.05) is 32.9 Å². The van der Waals surface area contributed by atoms with Gasteiger partial charge in [0, 0.05) is 26.1 Å². The van der Waals surface area contributed by atoms with Gasteiger partial charge in [-0.15, -0.1) is 0 Å². The lowest BCUT2D eigenvalue weighted by Gasteiger charge is -2.31. The molecule has 2 heterocycles. The molecule has 28 heavy (non-hydrogen) atoms. The number of amides is 1. The van der Waals surface area contributed by atoms with Crippen molar-refractivity contribution in [3.63, 3.8) is 0 Å². The van der Waals surface area contributed by atoms with Crippen LogP contribution in [-0.2, 0) is 21.9 Å². The van der Waals surface area contributed by atoms with Gasteiger partial charge in [0.25, 0.3) is 0 Å². The van der Waals surface area contributed by atoms with Crippen molar-refractivity contribution < 1.29 is 13.2 Å². The van der Waals surface area contributed by atoms with E-state index in [1.165, 1.54) is 4.31 Å². The summed E-state index contributed by atoms with van der Waals surface area (Å²) in [6.07, 6.45) is 2.59. The fraction of sp³-hybridized carbons (Fsp3) is 0.526. The van der Waals surface area contributed by atoms with E-state index in [9.17, 15) is 13.2 Å². The molecule has 1 unspecified atom stereocenters. The number of aromatic nitrogens is 3. The molecule has 0 aliphatic carbocycles. The van der Waals surface area contributed by atoms with Crippen LogP contribution >= 0.6 is 0 Å². The monoisotopic (exact) mass is 405 g/mol. The van der Waals surface area contributed by atoms with Gasteiger partial charge >= 0.3 is 0 Å². The number of nitrogens with zero attached hydrogens (tertiary/aromatic N) is 4. The predicted molar refractivity (Wildman–Crippen MR) is 105 cm³/mol. The van der Waals surface area contributed by atoms with E-state index in [-0.39, 0.29) is 17.9 Å². The van der Waals surface area contributed by atoms with Gasteiger partial charge in [0.15, 0.2) is 5.82 Å². The van der Waals surface area contributed by atoms with Gasteiger partial charge in [0.1, 0.15) is 6.33 Å². The largest absolute Gasteiger partial charge is 0.346 e. The normalized spacial score (nSPS) is 17.4. The van der Waals surface area contributed by atoms with Crippen molar-refractivity contribution in [1.82, 2.24) is 24.4 Å². The Balaban J connectivity index is 1.61. The van der Waals surface area contributed by atoms with Crippen LogP contribution in [-0.4, -0.2) is 46.5 Å². The molecule has 3 rings (SSSR count). The summed E-state index contributed by atoms with van der Waals surface area (Å²) in [5.74, 6) is 0.269. The van der Waals surface area contributed by atoms with Crippen molar-refractivity contribution in [2.45, 2.75) is 44.6 Å². The number of nitrogens with one attached hydrogen (secondary N) is 1. The number of carbonyl (C=O) groups is 1. The summed E-state index contributed by atoms with van der Waals surface area (Å²) in [6.45, 7) is 6.27. The number of carbonyl (C=O) groups excluding carboxylic acids is 1. The minimum Gasteiger partial charge on any atom is -0.346 e. The molecule has 1 saturated heterocycles. The zero-order valence-corrected chi connectivity index (χ0v) is 17.5. The topological polar surface area (TPSA) is 97.2 Å². The lowest BCUT2D eigenvalue weighted by molar-refractivity contribution is -0.126. The zero-order chi connectivity index (χ0) is 20.5. The maximum Gasteiger partial charge on any atom is 0.243 e. The van der Waals surface area contributed by atoms with Crippen molar-refractivity contribution in [3.8, 4) is 0 Å². The van der Waals surface area contributed by atoms with Gasteiger partial charge in [-0.25, -0.2) is 13.4 Å². The van der Waals surface area contributed by atoms with Crippen molar-refractivity contribution >= 4 is 15.9 Å². The first-order valence-electron chi connectivity index (χ1n) is 9.42. The SMILES string of the molecule is Cc1ccc(S(=O)(=O)N2CCC(C(=O)NC(C)c3ncn(C)n3)CC2)c(C)c1. The molecule has 152 valence electrons. The number of aryl methyl sites for hydroxylation is 3. The molecule has 1 aromatic heterocycles. The van der Waals surface area contributed by atoms with Crippen molar-refractivity contribution in [1.29, 1.82) is 0 Å². The summed E-state index contributed by atoms with van der Waals surface area (Å²) < 4.78 is 29.0. The summed E-state index contributed by atoms with van der Waals surface area (Å²) in [5.41, 5.74) is 1.78. The van der Waals surface area contributed by atoms with Crippen molar-refractivity contribution in [3.05, 3.63) is 41.5 Å². The Morgan fingerprint density at radius 2 is 1.93 bits per heavy atom. The first kappa shape index (κ1) is 20.5. The van der Waals surface area contributed by atoms with Crippen molar-refractivity contribution in [2.24, 2.45) is 13.0 Å². The Morgan fingerprint density at radius 3 is 2.50 bits per heavy atom. The summed E-state index contributed by atoms with van der Waals surface area (Å²) >= 11 is 0. The standard InChI is InChI=1S/C19H27N5O3S/c1-13-5-6-17(14(2)11-13)28(26,27)24-9-7-16(8-10-24)19(25)21-15(3)18-20-12-23(4)22-18/h5-6,11-12,15-16H,7-10H2,1-4H3,(H,21,25). The smallest absolute Gasteiger partial charge is 0.243 e. The quantitative estimate of drug-likeness (QED) is 0.817. The number of benzene rings is 1. The number of hydrogen-bond acceptors (Lipinski definition) is 5. The molecule has 1 atom stereocenters. The highest BCUT2D eigenvalue weighted by atomic mass is 32.2. The summed E-state index contributed by atoms with van der Waals surface area (Å²) in [4.78, 5) is 17.1. The highest BCUT2D eigenvalue weighted by molar-refractivity contribution is 7.89. The molecule has 0 bridgehead atoms. The Kier molecular flexibility index (Phi) is 5.85. The van der Waals surface area contributed by atoms with E-state index in [4.69, 9.17) is 0 Å². The minimum absolute atomic E-state index is 0.0801. The molecule has 2 aromatic rings. The second-order valence-corrected chi connectivity index (χ2v) is 9.36.